The van der Waals surface area contributed by atoms with Gasteiger partial charge in [-0.15, -0.1) is 0 Å². The van der Waals surface area contributed by atoms with E-state index in [-0.39, 0.29) is 6.03 Å². The van der Waals surface area contributed by atoms with Gasteiger partial charge in [-0.3, -0.25) is 0 Å². The maximum absolute atomic E-state index is 11.4. The molecule has 2 rings (SSSR count). The summed E-state index contributed by atoms with van der Waals surface area (Å²) >= 11 is 5.80. The van der Waals surface area contributed by atoms with E-state index < -0.39 is 0 Å². The summed E-state index contributed by atoms with van der Waals surface area (Å²) < 4.78 is 0. The van der Waals surface area contributed by atoms with E-state index in [1.165, 1.54) is 12.0 Å². The van der Waals surface area contributed by atoms with Gasteiger partial charge in [0.15, 0.2) is 0 Å². The van der Waals surface area contributed by atoms with Crippen LogP contribution in [0.15, 0.2) is 24.3 Å². The van der Waals surface area contributed by atoms with Gasteiger partial charge in [-0.2, -0.15) is 0 Å². The maximum Gasteiger partial charge on any atom is 0.315 e. The standard InChI is InChI=1S/C13H17ClN2O/c14-11-6-4-10(5-7-11)8-9-15-13(17)16-12-2-1-3-12/h4-7,12H,1-3,8-9H2,(H2,15,16,17). The summed E-state index contributed by atoms with van der Waals surface area (Å²) in [5.41, 5.74) is 1.18. The molecule has 0 radical (unpaired) electrons. The molecule has 1 aliphatic carbocycles. The monoisotopic (exact) mass is 252 g/mol. The number of carbonyl (C=O) groups excluding carboxylic acids is 1. The van der Waals surface area contributed by atoms with Crippen LogP contribution in [0.3, 0.4) is 0 Å². The number of halogens is 1. The summed E-state index contributed by atoms with van der Waals surface area (Å²) in [6, 6.07) is 8.03. The number of amides is 2. The van der Waals surface area contributed by atoms with Crippen LogP contribution in [0.4, 0.5) is 4.79 Å². The molecule has 0 atom stereocenters. The molecule has 2 amide bonds. The van der Waals surface area contributed by atoms with E-state index in [1.807, 2.05) is 24.3 Å². The number of hydrogen-bond acceptors (Lipinski definition) is 1. The van der Waals surface area contributed by atoms with Crippen molar-refractivity contribution in [1.29, 1.82) is 0 Å². The molecule has 17 heavy (non-hydrogen) atoms. The van der Waals surface area contributed by atoms with E-state index in [0.717, 1.165) is 24.3 Å². The molecular formula is C13H17ClN2O. The van der Waals surface area contributed by atoms with Crippen LogP contribution in [0.2, 0.25) is 5.02 Å². The van der Waals surface area contributed by atoms with E-state index >= 15 is 0 Å². The Bertz CT molecular complexity index is 374. The van der Waals surface area contributed by atoms with Crippen molar-refractivity contribution in [1.82, 2.24) is 10.6 Å². The highest BCUT2D eigenvalue weighted by atomic mass is 35.5. The van der Waals surface area contributed by atoms with Gasteiger partial charge in [0, 0.05) is 17.6 Å². The average Bonchev–Trinajstić information content (AvgIpc) is 2.26. The van der Waals surface area contributed by atoms with Crippen molar-refractivity contribution in [2.75, 3.05) is 6.54 Å². The van der Waals surface area contributed by atoms with E-state index in [2.05, 4.69) is 10.6 Å². The van der Waals surface area contributed by atoms with Crippen molar-refractivity contribution in [3.05, 3.63) is 34.9 Å². The quantitative estimate of drug-likeness (QED) is 0.850. The first-order valence-corrected chi connectivity index (χ1v) is 6.40. The van der Waals surface area contributed by atoms with E-state index in [0.29, 0.717) is 12.6 Å². The van der Waals surface area contributed by atoms with Crippen LogP contribution < -0.4 is 10.6 Å². The fourth-order valence-corrected chi connectivity index (χ4v) is 1.89. The Morgan fingerprint density at radius 3 is 2.59 bits per heavy atom. The molecule has 0 spiro atoms. The van der Waals surface area contributed by atoms with E-state index in [9.17, 15) is 4.79 Å². The highest BCUT2D eigenvalue weighted by molar-refractivity contribution is 6.30. The fourth-order valence-electron chi connectivity index (χ4n) is 1.76. The molecule has 0 aliphatic heterocycles. The Labute approximate surface area is 107 Å². The summed E-state index contributed by atoms with van der Waals surface area (Å²) in [7, 11) is 0. The summed E-state index contributed by atoms with van der Waals surface area (Å²) in [5.74, 6) is 0. The Hall–Kier alpha value is -1.22. The maximum atomic E-state index is 11.4. The zero-order valence-corrected chi connectivity index (χ0v) is 10.5. The molecule has 0 heterocycles. The van der Waals surface area contributed by atoms with Crippen LogP contribution in [0.25, 0.3) is 0 Å². The van der Waals surface area contributed by atoms with Crippen molar-refractivity contribution in [3.8, 4) is 0 Å². The number of rotatable bonds is 4. The van der Waals surface area contributed by atoms with Crippen molar-refractivity contribution >= 4 is 17.6 Å². The Balaban J connectivity index is 1.64. The predicted molar refractivity (Wildman–Crippen MR) is 69.3 cm³/mol. The zero-order valence-electron chi connectivity index (χ0n) is 9.71. The number of nitrogens with one attached hydrogen (secondary N) is 2. The molecule has 4 heteroatoms. The minimum absolute atomic E-state index is 0.0522. The van der Waals surface area contributed by atoms with Gasteiger partial charge in [0.2, 0.25) is 0 Å². The van der Waals surface area contributed by atoms with Crippen LogP contribution in [0, 0.1) is 0 Å². The normalized spacial score (nSPS) is 15.1. The molecule has 0 bridgehead atoms. The highest BCUT2D eigenvalue weighted by Gasteiger charge is 2.18. The second-order valence-electron chi connectivity index (χ2n) is 4.40. The third kappa shape index (κ3) is 3.93. The molecule has 0 unspecified atom stereocenters. The Kier molecular flexibility index (Phi) is 4.26. The van der Waals surface area contributed by atoms with Gasteiger partial charge in [0.05, 0.1) is 0 Å². The lowest BCUT2D eigenvalue weighted by Crippen LogP contribution is -2.45. The molecular weight excluding hydrogens is 236 g/mol. The minimum atomic E-state index is -0.0522. The highest BCUT2D eigenvalue weighted by Crippen LogP contribution is 2.17. The second-order valence-corrected chi connectivity index (χ2v) is 4.84. The topological polar surface area (TPSA) is 41.1 Å². The molecule has 1 aromatic carbocycles. The molecule has 1 saturated carbocycles. The third-order valence-electron chi connectivity index (χ3n) is 3.05. The third-order valence-corrected chi connectivity index (χ3v) is 3.30. The lowest BCUT2D eigenvalue weighted by atomic mass is 9.93. The number of urea groups is 1. The molecule has 1 aliphatic rings. The predicted octanol–water partition coefficient (Wildman–Crippen LogP) is 2.73. The number of benzene rings is 1. The smallest absolute Gasteiger partial charge is 0.315 e. The van der Waals surface area contributed by atoms with Crippen LogP contribution in [0.1, 0.15) is 24.8 Å². The van der Waals surface area contributed by atoms with Crippen molar-refractivity contribution in [2.45, 2.75) is 31.7 Å². The van der Waals surface area contributed by atoms with Gasteiger partial charge in [-0.25, -0.2) is 4.79 Å². The minimum Gasteiger partial charge on any atom is -0.338 e. The molecule has 1 fully saturated rings. The molecule has 1 aromatic rings. The lowest BCUT2D eigenvalue weighted by molar-refractivity contribution is 0.228. The van der Waals surface area contributed by atoms with Crippen LogP contribution >= 0.6 is 11.6 Å². The van der Waals surface area contributed by atoms with Gasteiger partial charge < -0.3 is 10.6 Å². The molecule has 3 nitrogen and oxygen atoms in total. The molecule has 92 valence electrons. The number of hydrogen-bond donors (Lipinski definition) is 2. The van der Waals surface area contributed by atoms with Crippen molar-refractivity contribution in [3.63, 3.8) is 0 Å². The van der Waals surface area contributed by atoms with Gasteiger partial charge >= 0.3 is 6.03 Å². The van der Waals surface area contributed by atoms with Gasteiger partial charge in [-0.05, 0) is 43.4 Å². The van der Waals surface area contributed by atoms with Gasteiger partial charge in [0.25, 0.3) is 0 Å². The second kappa shape index (κ2) is 5.92. The summed E-state index contributed by atoms with van der Waals surface area (Å²) in [5, 5.41) is 6.54. The first-order valence-electron chi connectivity index (χ1n) is 6.03. The Morgan fingerprint density at radius 1 is 1.29 bits per heavy atom. The first-order chi connectivity index (χ1) is 8.24. The van der Waals surface area contributed by atoms with Crippen molar-refractivity contribution < 1.29 is 4.79 Å². The number of carbonyl (C=O) groups is 1. The van der Waals surface area contributed by atoms with Crippen LogP contribution in [-0.2, 0) is 6.42 Å². The summed E-state index contributed by atoms with van der Waals surface area (Å²) in [6.07, 6.45) is 4.29. The fraction of sp³-hybridized carbons (Fsp3) is 0.462. The Morgan fingerprint density at radius 2 is 2.00 bits per heavy atom. The zero-order chi connectivity index (χ0) is 12.1. The van der Waals surface area contributed by atoms with Crippen LogP contribution in [0.5, 0.6) is 0 Å². The van der Waals surface area contributed by atoms with Gasteiger partial charge in [-0.1, -0.05) is 23.7 Å². The van der Waals surface area contributed by atoms with E-state index in [1.54, 1.807) is 0 Å². The average molecular weight is 253 g/mol. The first kappa shape index (κ1) is 12.2. The molecule has 2 N–H and O–H groups in total. The van der Waals surface area contributed by atoms with Gasteiger partial charge in [0.1, 0.15) is 0 Å². The van der Waals surface area contributed by atoms with Crippen LogP contribution in [-0.4, -0.2) is 18.6 Å². The van der Waals surface area contributed by atoms with Crippen molar-refractivity contribution in [2.24, 2.45) is 0 Å². The van der Waals surface area contributed by atoms with E-state index in [4.69, 9.17) is 11.6 Å². The molecule has 0 saturated heterocycles. The summed E-state index contributed by atoms with van der Waals surface area (Å²) in [4.78, 5) is 11.4. The molecule has 0 aromatic heterocycles. The largest absolute Gasteiger partial charge is 0.338 e. The lowest BCUT2D eigenvalue weighted by Gasteiger charge is -2.26. The SMILES string of the molecule is O=C(NCCc1ccc(Cl)cc1)NC1CCC1. The summed E-state index contributed by atoms with van der Waals surface area (Å²) in [6.45, 7) is 0.653.